The fraction of sp³-hybridized carbons (Fsp3) is 0.421. The molecule has 1 aliphatic heterocycles. The van der Waals surface area contributed by atoms with Crippen LogP contribution < -0.4 is 5.43 Å². The molecule has 0 aromatic heterocycles. The molecular formula is C19H30N6O. The minimum absolute atomic E-state index is 0.0187. The molecule has 0 bridgehead atoms. The molecule has 142 valence electrons. The van der Waals surface area contributed by atoms with Gasteiger partial charge in [0.15, 0.2) is 0 Å². The van der Waals surface area contributed by atoms with Gasteiger partial charge in [0.1, 0.15) is 12.2 Å². The zero-order chi connectivity index (χ0) is 19.5. The predicted octanol–water partition coefficient (Wildman–Crippen LogP) is 2.15. The van der Waals surface area contributed by atoms with Gasteiger partial charge in [-0.3, -0.25) is 10.2 Å². The number of nitrogens with one attached hydrogen (secondary N) is 1. The summed E-state index contributed by atoms with van der Waals surface area (Å²) < 4.78 is 0. The molecule has 0 saturated carbocycles. The summed E-state index contributed by atoms with van der Waals surface area (Å²) in [5, 5.41) is 5.76. The molecule has 1 heterocycles. The second-order valence-corrected chi connectivity index (χ2v) is 5.99. The Morgan fingerprint density at radius 2 is 1.81 bits per heavy atom. The van der Waals surface area contributed by atoms with Gasteiger partial charge in [-0.2, -0.15) is 0 Å². The summed E-state index contributed by atoms with van der Waals surface area (Å²) in [6, 6.07) is 0. The largest absolute Gasteiger partial charge is 0.356 e. The van der Waals surface area contributed by atoms with E-state index in [1.165, 1.54) is 12.4 Å². The number of carbonyl (C=O) groups excluding carboxylic acids is 1. The van der Waals surface area contributed by atoms with Crippen LogP contribution in [-0.2, 0) is 4.79 Å². The van der Waals surface area contributed by atoms with Crippen molar-refractivity contribution in [2.45, 2.75) is 20.3 Å². The van der Waals surface area contributed by atoms with Gasteiger partial charge in [-0.1, -0.05) is 38.3 Å². The van der Waals surface area contributed by atoms with Crippen LogP contribution in [0.4, 0.5) is 0 Å². The summed E-state index contributed by atoms with van der Waals surface area (Å²) in [5.41, 5.74) is 4.66. The first-order chi connectivity index (χ1) is 12.4. The third kappa shape index (κ3) is 7.38. The molecule has 1 N–H and O–H groups in total. The number of rotatable bonds is 8. The number of hydrogen-bond donors (Lipinski definition) is 1. The standard InChI is InChI=1S/C19H30N6O/c1-7-18(24-11-13-25(14-12-24)19(26)8-2)20-15-21-23(6)22-17(5)10-9-16(3)4/h8-10,15,22H,2-3,5,7,11-14H2,1,4,6H3/b10-9-,20-18?,21-15-. The highest BCUT2D eigenvalue weighted by Crippen LogP contribution is 2.05. The Bertz CT molecular complexity index is 612. The van der Waals surface area contributed by atoms with E-state index in [0.29, 0.717) is 18.8 Å². The van der Waals surface area contributed by atoms with Crippen molar-refractivity contribution in [3.63, 3.8) is 0 Å². The van der Waals surface area contributed by atoms with Crippen LogP contribution in [0.1, 0.15) is 20.3 Å². The van der Waals surface area contributed by atoms with Crippen molar-refractivity contribution in [1.82, 2.24) is 20.3 Å². The van der Waals surface area contributed by atoms with Gasteiger partial charge in [0.05, 0.1) is 0 Å². The second-order valence-electron chi connectivity index (χ2n) is 5.99. The minimum Gasteiger partial charge on any atom is -0.356 e. The van der Waals surface area contributed by atoms with E-state index in [2.05, 4.69) is 47.1 Å². The van der Waals surface area contributed by atoms with Crippen molar-refractivity contribution in [2.24, 2.45) is 10.1 Å². The molecule has 0 spiro atoms. The van der Waals surface area contributed by atoms with Crippen molar-refractivity contribution in [3.05, 3.63) is 49.2 Å². The van der Waals surface area contributed by atoms with Gasteiger partial charge in [-0.25, -0.2) is 10.1 Å². The lowest BCUT2D eigenvalue weighted by molar-refractivity contribution is -0.127. The minimum atomic E-state index is -0.0187. The van der Waals surface area contributed by atoms with Crippen LogP contribution in [0.3, 0.4) is 0 Å². The maximum Gasteiger partial charge on any atom is 0.246 e. The number of aliphatic imine (C=N–C) groups is 1. The average Bonchev–Trinajstić information content (AvgIpc) is 2.63. The molecule has 0 unspecified atom stereocenters. The van der Waals surface area contributed by atoms with Crippen LogP contribution >= 0.6 is 0 Å². The molecule has 7 nitrogen and oxygen atoms in total. The van der Waals surface area contributed by atoms with E-state index in [4.69, 9.17) is 0 Å². The monoisotopic (exact) mass is 358 g/mol. The molecule has 1 fully saturated rings. The smallest absolute Gasteiger partial charge is 0.246 e. The van der Waals surface area contributed by atoms with Crippen molar-refractivity contribution < 1.29 is 4.79 Å². The van der Waals surface area contributed by atoms with Gasteiger partial charge in [0.25, 0.3) is 0 Å². The highest BCUT2D eigenvalue weighted by Gasteiger charge is 2.20. The number of carbonyl (C=O) groups is 1. The third-order valence-electron chi connectivity index (χ3n) is 3.75. The fourth-order valence-corrected chi connectivity index (χ4v) is 2.40. The van der Waals surface area contributed by atoms with Crippen LogP contribution in [0.5, 0.6) is 0 Å². The van der Waals surface area contributed by atoms with E-state index in [0.717, 1.165) is 30.9 Å². The summed E-state index contributed by atoms with van der Waals surface area (Å²) in [6.07, 6.45) is 7.38. The summed E-state index contributed by atoms with van der Waals surface area (Å²) in [4.78, 5) is 20.1. The molecule has 0 aliphatic carbocycles. The summed E-state index contributed by atoms with van der Waals surface area (Å²) >= 11 is 0. The normalized spacial score (nSPS) is 15.4. The lowest BCUT2D eigenvalue weighted by Crippen LogP contribution is -2.50. The number of amidine groups is 1. The number of hydrogen-bond acceptors (Lipinski definition) is 4. The molecule has 1 amide bonds. The lowest BCUT2D eigenvalue weighted by Gasteiger charge is -2.35. The van der Waals surface area contributed by atoms with Gasteiger partial charge in [-0.05, 0) is 19.1 Å². The number of nitrogens with zero attached hydrogens (tertiary/aromatic N) is 5. The Morgan fingerprint density at radius 1 is 1.19 bits per heavy atom. The number of hydrazone groups is 1. The maximum atomic E-state index is 11.6. The van der Waals surface area contributed by atoms with Crippen LogP contribution in [-0.4, -0.2) is 66.2 Å². The molecular weight excluding hydrogens is 328 g/mol. The highest BCUT2D eigenvalue weighted by molar-refractivity contribution is 5.89. The zero-order valence-electron chi connectivity index (χ0n) is 16.1. The van der Waals surface area contributed by atoms with Gasteiger partial charge in [0, 0.05) is 45.3 Å². The molecule has 0 aromatic carbocycles. The second kappa shape index (κ2) is 10.9. The van der Waals surface area contributed by atoms with Crippen molar-refractivity contribution >= 4 is 18.1 Å². The number of allylic oxidation sites excluding steroid dienone is 3. The van der Waals surface area contributed by atoms with Crippen LogP contribution in [0.25, 0.3) is 0 Å². The van der Waals surface area contributed by atoms with E-state index in [1.54, 1.807) is 17.1 Å². The number of hydrazine groups is 1. The van der Waals surface area contributed by atoms with Gasteiger partial charge >= 0.3 is 0 Å². The Kier molecular flexibility index (Phi) is 8.91. The molecule has 0 atom stereocenters. The zero-order valence-corrected chi connectivity index (χ0v) is 16.1. The summed E-state index contributed by atoms with van der Waals surface area (Å²) in [6.45, 7) is 18.1. The lowest BCUT2D eigenvalue weighted by atomic mass is 10.2. The van der Waals surface area contributed by atoms with Gasteiger partial charge in [-0.15, -0.1) is 5.10 Å². The fourth-order valence-electron chi connectivity index (χ4n) is 2.40. The molecule has 0 radical (unpaired) electrons. The highest BCUT2D eigenvalue weighted by atomic mass is 16.2. The van der Waals surface area contributed by atoms with Crippen LogP contribution in [0, 0.1) is 0 Å². The first-order valence-electron chi connectivity index (χ1n) is 8.65. The number of piperazine rings is 1. The van der Waals surface area contributed by atoms with E-state index in [1.807, 2.05) is 19.1 Å². The third-order valence-corrected chi connectivity index (χ3v) is 3.75. The Balaban J connectivity index is 2.54. The Hall–Kier alpha value is -2.83. The van der Waals surface area contributed by atoms with Crippen LogP contribution in [0.2, 0.25) is 0 Å². The van der Waals surface area contributed by atoms with E-state index < -0.39 is 0 Å². The first kappa shape index (κ1) is 21.2. The van der Waals surface area contributed by atoms with Gasteiger partial charge in [0.2, 0.25) is 5.91 Å². The topological polar surface area (TPSA) is 63.5 Å². The molecule has 1 rings (SSSR count). The predicted molar refractivity (Wildman–Crippen MR) is 109 cm³/mol. The average molecular weight is 358 g/mol. The molecule has 1 aliphatic rings. The van der Waals surface area contributed by atoms with Crippen LogP contribution in [0.15, 0.2) is 59.3 Å². The van der Waals surface area contributed by atoms with Crippen molar-refractivity contribution in [3.8, 4) is 0 Å². The summed E-state index contributed by atoms with van der Waals surface area (Å²) in [5.74, 6) is 0.934. The molecule has 1 saturated heterocycles. The van der Waals surface area contributed by atoms with Gasteiger partial charge < -0.3 is 9.80 Å². The Morgan fingerprint density at radius 3 is 2.35 bits per heavy atom. The van der Waals surface area contributed by atoms with E-state index in [9.17, 15) is 4.79 Å². The molecule has 26 heavy (non-hydrogen) atoms. The first-order valence-corrected chi connectivity index (χ1v) is 8.65. The quantitative estimate of drug-likeness (QED) is 0.237. The van der Waals surface area contributed by atoms with Crippen molar-refractivity contribution in [2.75, 3.05) is 33.2 Å². The SMILES string of the molecule is C=CC(=O)N1CCN(C(CC)=N/C=N\N(C)NC(=C)/C=C\C(=C)C)CC1. The molecule has 0 aromatic rings. The van der Waals surface area contributed by atoms with E-state index in [-0.39, 0.29) is 5.91 Å². The molecule has 7 heteroatoms. The number of amides is 1. The van der Waals surface area contributed by atoms with Crippen molar-refractivity contribution in [1.29, 1.82) is 0 Å². The van der Waals surface area contributed by atoms with E-state index >= 15 is 0 Å². The Labute approximate surface area is 156 Å². The maximum absolute atomic E-state index is 11.6. The summed E-state index contributed by atoms with van der Waals surface area (Å²) in [7, 11) is 1.77.